The van der Waals surface area contributed by atoms with Gasteiger partial charge in [0.05, 0.1) is 5.60 Å². The lowest BCUT2D eigenvalue weighted by Crippen LogP contribution is -2.45. The Morgan fingerprint density at radius 3 is 2.41 bits per heavy atom. The van der Waals surface area contributed by atoms with Gasteiger partial charge in [0.15, 0.2) is 0 Å². The molecular weight excluding hydrogens is 355 g/mol. The molecular formula is C18H25BBrOS. The topological polar surface area (TPSA) is 9.23 Å². The normalized spacial score (nSPS) is 19.9. The van der Waals surface area contributed by atoms with Crippen molar-refractivity contribution in [3.63, 3.8) is 0 Å². The van der Waals surface area contributed by atoms with Gasteiger partial charge in [-0.15, -0.1) is 0 Å². The SMILES string of the molecule is CC(C)(S)C(C)(C)O[B]c1cc(Br)c2c(c1)CCC21CCC1. The van der Waals surface area contributed by atoms with E-state index in [4.69, 9.17) is 4.65 Å². The zero-order chi connectivity index (χ0) is 16.2. The summed E-state index contributed by atoms with van der Waals surface area (Å²) in [6, 6.07) is 4.53. The van der Waals surface area contributed by atoms with Crippen molar-refractivity contribution in [2.45, 2.75) is 75.6 Å². The molecule has 1 fully saturated rings. The van der Waals surface area contributed by atoms with Crippen molar-refractivity contribution < 1.29 is 4.65 Å². The van der Waals surface area contributed by atoms with Crippen LogP contribution in [0.2, 0.25) is 0 Å². The van der Waals surface area contributed by atoms with Crippen LogP contribution in [0.15, 0.2) is 16.6 Å². The first kappa shape index (κ1) is 16.9. The van der Waals surface area contributed by atoms with Crippen LogP contribution < -0.4 is 5.46 Å². The van der Waals surface area contributed by atoms with Gasteiger partial charge in [-0.3, -0.25) is 0 Å². The van der Waals surface area contributed by atoms with E-state index in [1.54, 1.807) is 5.56 Å². The van der Waals surface area contributed by atoms with Gasteiger partial charge in [0.25, 0.3) is 0 Å². The molecule has 0 saturated heterocycles. The highest BCUT2D eigenvalue weighted by Crippen LogP contribution is 2.54. The fourth-order valence-electron chi connectivity index (χ4n) is 3.51. The molecule has 1 nitrogen and oxygen atoms in total. The average molecular weight is 380 g/mol. The Balaban J connectivity index is 1.79. The predicted molar refractivity (Wildman–Crippen MR) is 102 cm³/mol. The van der Waals surface area contributed by atoms with Gasteiger partial charge in [0, 0.05) is 9.22 Å². The van der Waals surface area contributed by atoms with Crippen LogP contribution in [0.5, 0.6) is 0 Å². The maximum absolute atomic E-state index is 6.06. The lowest BCUT2D eigenvalue weighted by atomic mass is 9.65. The van der Waals surface area contributed by atoms with Gasteiger partial charge in [0.1, 0.15) is 0 Å². The largest absolute Gasteiger partial charge is 0.428 e. The highest BCUT2D eigenvalue weighted by molar-refractivity contribution is 9.10. The molecule has 0 unspecified atom stereocenters. The molecule has 0 aliphatic heterocycles. The molecule has 22 heavy (non-hydrogen) atoms. The molecule has 0 aromatic heterocycles. The zero-order valence-corrected chi connectivity index (χ0v) is 16.5. The van der Waals surface area contributed by atoms with E-state index in [-0.39, 0.29) is 10.3 Å². The average Bonchev–Trinajstić information content (AvgIpc) is 2.75. The van der Waals surface area contributed by atoms with Gasteiger partial charge >= 0.3 is 7.48 Å². The van der Waals surface area contributed by atoms with E-state index >= 15 is 0 Å². The number of thiol groups is 1. The molecule has 0 heterocycles. The fourth-order valence-corrected chi connectivity index (χ4v) is 4.50. The quantitative estimate of drug-likeness (QED) is 0.595. The van der Waals surface area contributed by atoms with E-state index in [1.165, 1.54) is 42.1 Å². The summed E-state index contributed by atoms with van der Waals surface area (Å²) < 4.78 is 7.13. The third kappa shape index (κ3) is 2.80. The van der Waals surface area contributed by atoms with Gasteiger partial charge in [-0.05, 0) is 69.9 Å². The van der Waals surface area contributed by atoms with Crippen LogP contribution in [0.4, 0.5) is 0 Å². The number of hydrogen-bond donors (Lipinski definition) is 1. The third-order valence-electron chi connectivity index (χ3n) is 5.87. The summed E-state index contributed by atoms with van der Waals surface area (Å²) >= 11 is 8.47. The molecule has 1 aromatic rings. The molecule has 1 saturated carbocycles. The number of benzene rings is 1. The second-order valence-corrected chi connectivity index (χ2v) is 9.95. The smallest absolute Gasteiger partial charge is 0.330 e. The number of rotatable bonds is 4. The summed E-state index contributed by atoms with van der Waals surface area (Å²) in [6.07, 6.45) is 6.63. The molecule has 2 aliphatic carbocycles. The molecule has 0 atom stereocenters. The van der Waals surface area contributed by atoms with Gasteiger partial charge in [-0.2, -0.15) is 12.6 Å². The number of halogens is 1. The minimum absolute atomic E-state index is 0.201. The van der Waals surface area contributed by atoms with Crippen LogP contribution in [0, 0.1) is 0 Å². The highest BCUT2D eigenvalue weighted by atomic mass is 79.9. The zero-order valence-electron chi connectivity index (χ0n) is 14.0. The maximum Gasteiger partial charge on any atom is 0.330 e. The minimum Gasteiger partial charge on any atom is -0.428 e. The molecule has 1 spiro atoms. The number of aryl methyl sites for hydroxylation is 1. The van der Waals surface area contributed by atoms with Gasteiger partial charge in [0.2, 0.25) is 0 Å². The van der Waals surface area contributed by atoms with Crippen molar-refractivity contribution in [2.24, 2.45) is 0 Å². The highest BCUT2D eigenvalue weighted by Gasteiger charge is 2.44. The van der Waals surface area contributed by atoms with Crippen LogP contribution in [-0.4, -0.2) is 17.8 Å². The Labute approximate surface area is 149 Å². The van der Waals surface area contributed by atoms with E-state index in [9.17, 15) is 0 Å². The summed E-state index contributed by atoms with van der Waals surface area (Å²) in [6.45, 7) is 8.34. The summed E-state index contributed by atoms with van der Waals surface area (Å²) in [5, 5.41) is 0. The van der Waals surface area contributed by atoms with Crippen LogP contribution >= 0.6 is 28.6 Å². The van der Waals surface area contributed by atoms with Crippen molar-refractivity contribution in [1.82, 2.24) is 0 Å². The second-order valence-electron chi connectivity index (χ2n) is 7.98. The molecule has 0 amide bonds. The Kier molecular flexibility index (Phi) is 4.28. The summed E-state index contributed by atoms with van der Waals surface area (Å²) in [4.78, 5) is 0. The molecule has 1 radical (unpaired) electrons. The maximum atomic E-state index is 6.06. The standard InChI is InChI=1S/C18H25BBrOS/c1-16(2,17(3,4)22)21-19-13-10-12-6-9-18(7-5-8-18)15(12)14(20)11-13/h10-11,22H,5-9H2,1-4H3. The first-order valence-electron chi connectivity index (χ1n) is 8.21. The number of hydrogen-bond acceptors (Lipinski definition) is 2. The van der Waals surface area contributed by atoms with E-state index < -0.39 is 0 Å². The van der Waals surface area contributed by atoms with Crippen molar-refractivity contribution in [1.29, 1.82) is 0 Å². The first-order valence-corrected chi connectivity index (χ1v) is 9.45. The minimum atomic E-state index is -0.323. The Morgan fingerprint density at radius 2 is 1.86 bits per heavy atom. The monoisotopic (exact) mass is 379 g/mol. The van der Waals surface area contributed by atoms with Crippen molar-refractivity contribution >= 4 is 41.5 Å². The molecule has 4 heteroatoms. The van der Waals surface area contributed by atoms with E-state index in [1.807, 2.05) is 7.48 Å². The molecule has 119 valence electrons. The van der Waals surface area contributed by atoms with Gasteiger partial charge < -0.3 is 4.65 Å². The van der Waals surface area contributed by atoms with Crippen LogP contribution in [0.25, 0.3) is 0 Å². The van der Waals surface area contributed by atoms with Crippen LogP contribution in [0.1, 0.15) is 64.5 Å². The summed E-state index contributed by atoms with van der Waals surface area (Å²) in [5.41, 5.74) is 4.39. The van der Waals surface area contributed by atoms with Crippen molar-refractivity contribution in [3.05, 3.63) is 27.7 Å². The number of fused-ring (bicyclic) bond motifs is 2. The fraction of sp³-hybridized carbons (Fsp3) is 0.667. The molecule has 1 aromatic carbocycles. The lowest BCUT2D eigenvalue weighted by molar-refractivity contribution is 0.0854. The molecule has 3 rings (SSSR count). The van der Waals surface area contributed by atoms with Gasteiger partial charge in [-0.1, -0.05) is 39.9 Å². The Hall–Kier alpha value is 0.0749. The molecule has 0 N–H and O–H groups in total. The Morgan fingerprint density at radius 1 is 1.18 bits per heavy atom. The second kappa shape index (κ2) is 5.56. The summed E-state index contributed by atoms with van der Waals surface area (Å²) in [7, 11) is 1.90. The third-order valence-corrected chi connectivity index (χ3v) is 7.04. The predicted octanol–water partition coefficient (Wildman–Crippen LogP) is 4.57. The lowest BCUT2D eigenvalue weighted by Gasteiger charge is -2.40. The van der Waals surface area contributed by atoms with Crippen LogP contribution in [-0.2, 0) is 16.5 Å². The van der Waals surface area contributed by atoms with Crippen molar-refractivity contribution in [3.8, 4) is 0 Å². The van der Waals surface area contributed by atoms with E-state index in [0.717, 1.165) is 5.46 Å². The van der Waals surface area contributed by atoms with Crippen molar-refractivity contribution in [2.75, 3.05) is 0 Å². The first-order chi connectivity index (χ1) is 10.1. The molecule has 0 bridgehead atoms. The van der Waals surface area contributed by atoms with Gasteiger partial charge in [-0.25, -0.2) is 0 Å². The molecule has 2 aliphatic rings. The van der Waals surface area contributed by atoms with E-state index in [2.05, 4.69) is 68.4 Å². The van der Waals surface area contributed by atoms with Crippen LogP contribution in [0.3, 0.4) is 0 Å². The summed E-state index contributed by atoms with van der Waals surface area (Å²) in [5.74, 6) is 0. The Bertz CT molecular complexity index is 587. The van der Waals surface area contributed by atoms with E-state index in [0.29, 0.717) is 5.41 Å².